The summed E-state index contributed by atoms with van der Waals surface area (Å²) in [5.74, 6) is -1.09. The molecule has 0 aliphatic carbocycles. The van der Waals surface area contributed by atoms with E-state index in [1.54, 1.807) is 6.07 Å². The minimum absolute atomic E-state index is 0.105. The first-order valence-electron chi connectivity index (χ1n) is 7.34. The molecule has 5 nitrogen and oxygen atoms in total. The molecule has 0 fully saturated rings. The van der Waals surface area contributed by atoms with Gasteiger partial charge in [-0.3, -0.25) is 9.59 Å². The van der Waals surface area contributed by atoms with Crippen molar-refractivity contribution < 1.29 is 14.7 Å². The van der Waals surface area contributed by atoms with Gasteiger partial charge in [-0.1, -0.05) is 31.5 Å². The van der Waals surface area contributed by atoms with Crippen LogP contribution < -0.4 is 11.1 Å². The minimum atomic E-state index is -0.983. The first kappa shape index (κ1) is 19.1. The van der Waals surface area contributed by atoms with Gasteiger partial charge in [0.2, 0.25) is 0 Å². The van der Waals surface area contributed by atoms with Crippen LogP contribution >= 0.6 is 0 Å². The molecule has 4 N–H and O–H groups in total. The van der Waals surface area contributed by atoms with E-state index < -0.39 is 12.0 Å². The van der Waals surface area contributed by atoms with Crippen molar-refractivity contribution in [2.45, 2.75) is 46.1 Å². The Labute approximate surface area is 126 Å². The summed E-state index contributed by atoms with van der Waals surface area (Å²) < 4.78 is 0. The van der Waals surface area contributed by atoms with E-state index in [1.807, 2.05) is 39.0 Å². The van der Waals surface area contributed by atoms with Gasteiger partial charge >= 0.3 is 5.97 Å². The molecular formula is C16H26N2O3. The number of benzene rings is 1. The van der Waals surface area contributed by atoms with E-state index in [0.29, 0.717) is 24.9 Å². The molecule has 1 aromatic carbocycles. The van der Waals surface area contributed by atoms with E-state index in [-0.39, 0.29) is 5.91 Å². The second-order valence-electron chi connectivity index (χ2n) is 4.57. The lowest BCUT2D eigenvalue weighted by molar-refractivity contribution is -0.138. The molecule has 1 aromatic rings. The monoisotopic (exact) mass is 294 g/mol. The van der Waals surface area contributed by atoms with E-state index in [2.05, 4.69) is 5.32 Å². The van der Waals surface area contributed by atoms with Crippen molar-refractivity contribution in [3.05, 3.63) is 35.4 Å². The third kappa shape index (κ3) is 8.09. The maximum Gasteiger partial charge on any atom is 0.320 e. The summed E-state index contributed by atoms with van der Waals surface area (Å²) in [6, 6.07) is 6.56. The van der Waals surface area contributed by atoms with E-state index in [9.17, 15) is 9.59 Å². The summed E-state index contributed by atoms with van der Waals surface area (Å²) >= 11 is 0. The second kappa shape index (κ2) is 10.9. The summed E-state index contributed by atoms with van der Waals surface area (Å²) in [6.07, 6.45) is 1.83. The molecule has 0 aliphatic rings. The fraction of sp³-hybridized carbons (Fsp3) is 0.500. The number of carbonyl (C=O) groups excluding carboxylic acids is 1. The number of hydrogen-bond acceptors (Lipinski definition) is 3. The standard InChI is InChI=1S/C14H20N2O3.C2H6/c1-10-5-4-6-11(9-10)13(17)16-8-3-2-7-12(15)14(18)19;1-2/h4-6,9,12H,2-3,7-8,15H2,1H3,(H,16,17)(H,18,19);1-2H3/t12-;/m1./s1. The van der Waals surface area contributed by atoms with Crippen molar-refractivity contribution >= 4 is 11.9 Å². The quantitative estimate of drug-likeness (QED) is 0.673. The predicted molar refractivity (Wildman–Crippen MR) is 84.3 cm³/mol. The number of aryl methyl sites for hydroxylation is 1. The van der Waals surface area contributed by atoms with Crippen LogP contribution in [0.3, 0.4) is 0 Å². The van der Waals surface area contributed by atoms with E-state index >= 15 is 0 Å². The van der Waals surface area contributed by atoms with Crippen LogP contribution in [0.1, 0.15) is 49.0 Å². The number of carboxylic acid groups (broad SMARTS) is 1. The molecule has 0 bridgehead atoms. The first-order chi connectivity index (χ1) is 10.0. The van der Waals surface area contributed by atoms with Crippen LogP contribution in [0.5, 0.6) is 0 Å². The number of aliphatic carboxylic acids is 1. The molecule has 118 valence electrons. The number of hydrogen-bond donors (Lipinski definition) is 3. The third-order valence-corrected chi connectivity index (χ3v) is 2.82. The maximum absolute atomic E-state index is 11.8. The van der Waals surface area contributed by atoms with Gasteiger partial charge in [0.15, 0.2) is 0 Å². The van der Waals surface area contributed by atoms with Crippen molar-refractivity contribution in [3.8, 4) is 0 Å². The van der Waals surface area contributed by atoms with E-state index in [0.717, 1.165) is 12.0 Å². The molecule has 1 rings (SSSR count). The molecule has 0 aromatic heterocycles. The van der Waals surface area contributed by atoms with Crippen LogP contribution in [0.4, 0.5) is 0 Å². The highest BCUT2D eigenvalue weighted by Gasteiger charge is 2.10. The van der Waals surface area contributed by atoms with Crippen LogP contribution in [-0.2, 0) is 4.79 Å². The van der Waals surface area contributed by atoms with Crippen molar-refractivity contribution in [2.75, 3.05) is 6.54 Å². The summed E-state index contributed by atoms with van der Waals surface area (Å²) in [5.41, 5.74) is 7.06. The summed E-state index contributed by atoms with van der Waals surface area (Å²) in [5, 5.41) is 11.4. The summed E-state index contributed by atoms with van der Waals surface area (Å²) in [7, 11) is 0. The molecule has 0 saturated heterocycles. The van der Waals surface area contributed by atoms with Crippen LogP contribution in [-0.4, -0.2) is 29.6 Å². The molecule has 0 saturated carbocycles. The zero-order chi connectivity index (χ0) is 16.3. The van der Waals surface area contributed by atoms with Crippen molar-refractivity contribution in [1.82, 2.24) is 5.32 Å². The molecule has 0 heterocycles. The van der Waals surface area contributed by atoms with Gasteiger partial charge < -0.3 is 16.2 Å². The van der Waals surface area contributed by atoms with Crippen LogP contribution in [0.25, 0.3) is 0 Å². The number of unbranched alkanes of at least 4 members (excludes halogenated alkanes) is 1. The molecule has 1 atom stereocenters. The largest absolute Gasteiger partial charge is 0.480 e. The smallest absolute Gasteiger partial charge is 0.320 e. The molecule has 0 spiro atoms. The third-order valence-electron chi connectivity index (χ3n) is 2.82. The number of rotatable bonds is 7. The molecular weight excluding hydrogens is 268 g/mol. The molecule has 21 heavy (non-hydrogen) atoms. The van der Waals surface area contributed by atoms with Crippen LogP contribution in [0, 0.1) is 6.92 Å². The zero-order valence-electron chi connectivity index (χ0n) is 13.1. The highest BCUT2D eigenvalue weighted by Crippen LogP contribution is 2.04. The number of carboxylic acids is 1. The second-order valence-corrected chi connectivity index (χ2v) is 4.57. The number of nitrogens with two attached hydrogens (primary N) is 1. The van der Waals surface area contributed by atoms with E-state index in [1.165, 1.54) is 0 Å². The van der Waals surface area contributed by atoms with Gasteiger partial charge in [0.25, 0.3) is 5.91 Å². The molecule has 0 unspecified atom stereocenters. The fourth-order valence-corrected chi connectivity index (χ4v) is 1.70. The predicted octanol–water partition coefficient (Wildman–Crippen LogP) is 2.33. The first-order valence-corrected chi connectivity index (χ1v) is 7.34. The van der Waals surface area contributed by atoms with Gasteiger partial charge in [0, 0.05) is 12.1 Å². The van der Waals surface area contributed by atoms with Crippen LogP contribution in [0.15, 0.2) is 24.3 Å². The molecule has 0 aliphatic heterocycles. The van der Waals surface area contributed by atoms with Crippen LogP contribution in [0.2, 0.25) is 0 Å². The Bertz CT molecular complexity index is 447. The molecule has 0 radical (unpaired) electrons. The van der Waals surface area contributed by atoms with Crippen molar-refractivity contribution in [1.29, 1.82) is 0 Å². The van der Waals surface area contributed by atoms with E-state index in [4.69, 9.17) is 10.8 Å². The van der Waals surface area contributed by atoms with Gasteiger partial charge in [-0.15, -0.1) is 0 Å². The fourth-order valence-electron chi connectivity index (χ4n) is 1.70. The van der Waals surface area contributed by atoms with Gasteiger partial charge in [-0.2, -0.15) is 0 Å². The van der Waals surface area contributed by atoms with Gasteiger partial charge in [0.05, 0.1) is 0 Å². The Morgan fingerprint density at radius 2 is 1.95 bits per heavy atom. The topological polar surface area (TPSA) is 92.4 Å². The number of carbonyl (C=O) groups is 2. The Kier molecular flexibility index (Phi) is 9.88. The summed E-state index contributed by atoms with van der Waals surface area (Å²) in [4.78, 5) is 22.3. The highest BCUT2D eigenvalue weighted by molar-refractivity contribution is 5.94. The Hall–Kier alpha value is -1.88. The maximum atomic E-state index is 11.8. The zero-order valence-corrected chi connectivity index (χ0v) is 13.1. The lowest BCUT2D eigenvalue weighted by Crippen LogP contribution is -2.30. The number of amides is 1. The average Bonchev–Trinajstić information content (AvgIpc) is 2.48. The normalized spacial score (nSPS) is 11.0. The van der Waals surface area contributed by atoms with Gasteiger partial charge in [0.1, 0.15) is 6.04 Å². The molecule has 5 heteroatoms. The minimum Gasteiger partial charge on any atom is -0.480 e. The van der Waals surface area contributed by atoms with Gasteiger partial charge in [-0.05, 0) is 38.3 Å². The SMILES string of the molecule is CC.Cc1cccc(C(=O)NCCCC[C@@H](N)C(=O)O)c1. The van der Waals surface area contributed by atoms with Crippen molar-refractivity contribution in [2.24, 2.45) is 5.73 Å². The lowest BCUT2D eigenvalue weighted by Gasteiger charge is -2.07. The Morgan fingerprint density at radius 3 is 2.52 bits per heavy atom. The highest BCUT2D eigenvalue weighted by atomic mass is 16.4. The Morgan fingerprint density at radius 1 is 1.29 bits per heavy atom. The summed E-state index contributed by atoms with van der Waals surface area (Å²) in [6.45, 7) is 6.46. The number of nitrogens with one attached hydrogen (secondary N) is 1. The average molecular weight is 294 g/mol. The lowest BCUT2D eigenvalue weighted by atomic mass is 10.1. The Balaban J connectivity index is 0.00000191. The van der Waals surface area contributed by atoms with Gasteiger partial charge in [-0.25, -0.2) is 0 Å². The molecule has 1 amide bonds. The van der Waals surface area contributed by atoms with Crippen molar-refractivity contribution in [3.63, 3.8) is 0 Å².